The van der Waals surface area contributed by atoms with Crippen LogP contribution in [0.3, 0.4) is 0 Å². The molecule has 1 aromatic rings. The molecule has 1 aliphatic heterocycles. The first-order valence-corrected chi connectivity index (χ1v) is 7.70. The van der Waals surface area contributed by atoms with Crippen molar-refractivity contribution in [3.63, 3.8) is 0 Å². The van der Waals surface area contributed by atoms with Gasteiger partial charge in [-0.3, -0.25) is 9.58 Å². The molecule has 1 saturated heterocycles. The predicted molar refractivity (Wildman–Crippen MR) is 81.1 cm³/mol. The minimum atomic E-state index is -0.273. The smallest absolute Gasteiger partial charge is 0.341 e. The van der Waals surface area contributed by atoms with Crippen LogP contribution in [0.1, 0.15) is 35.8 Å². The molecule has 0 aliphatic carbocycles. The van der Waals surface area contributed by atoms with E-state index in [1.807, 2.05) is 21.0 Å². The molecule has 0 aromatic carbocycles. The normalized spacial score (nSPS) is 17.1. The zero-order valence-corrected chi connectivity index (χ0v) is 13.3. The Morgan fingerprint density at radius 2 is 2.19 bits per heavy atom. The van der Waals surface area contributed by atoms with Crippen LogP contribution in [0.25, 0.3) is 0 Å². The maximum Gasteiger partial charge on any atom is 0.341 e. The fraction of sp³-hybridized carbons (Fsp3) is 0.733. The van der Waals surface area contributed by atoms with Crippen molar-refractivity contribution < 1.29 is 9.53 Å². The highest BCUT2D eigenvalue weighted by Crippen LogP contribution is 2.20. The van der Waals surface area contributed by atoms with Gasteiger partial charge in [0.25, 0.3) is 0 Å². The van der Waals surface area contributed by atoms with Gasteiger partial charge < -0.3 is 10.1 Å². The minimum absolute atomic E-state index is 0.273. The van der Waals surface area contributed by atoms with Gasteiger partial charge >= 0.3 is 5.97 Å². The van der Waals surface area contributed by atoms with Crippen molar-refractivity contribution >= 4 is 5.97 Å². The first-order chi connectivity index (χ1) is 10.2. The van der Waals surface area contributed by atoms with Crippen LogP contribution >= 0.6 is 0 Å². The molecule has 6 heteroatoms. The second-order valence-electron chi connectivity index (χ2n) is 5.63. The van der Waals surface area contributed by atoms with Gasteiger partial charge in [0.15, 0.2) is 0 Å². The summed E-state index contributed by atoms with van der Waals surface area (Å²) in [6, 6.07) is 0. The third-order valence-corrected chi connectivity index (χ3v) is 4.13. The molecule has 1 fully saturated rings. The van der Waals surface area contributed by atoms with Crippen LogP contribution in [0, 0.1) is 5.92 Å². The fourth-order valence-corrected chi connectivity index (χ4v) is 2.88. The lowest BCUT2D eigenvalue weighted by Crippen LogP contribution is -2.37. The van der Waals surface area contributed by atoms with Crippen molar-refractivity contribution in [3.05, 3.63) is 17.5 Å². The molecule has 0 atom stereocenters. The minimum Gasteiger partial charge on any atom is -0.462 e. The van der Waals surface area contributed by atoms with E-state index in [0.29, 0.717) is 12.2 Å². The van der Waals surface area contributed by atoms with Gasteiger partial charge in [0, 0.05) is 13.6 Å². The largest absolute Gasteiger partial charge is 0.462 e. The lowest BCUT2D eigenvalue weighted by Gasteiger charge is -2.31. The molecule has 1 N–H and O–H groups in total. The van der Waals surface area contributed by atoms with Crippen LogP contribution in [0.5, 0.6) is 0 Å². The Balaban J connectivity index is 1.97. The molecule has 2 rings (SSSR count). The maximum atomic E-state index is 12.0. The summed E-state index contributed by atoms with van der Waals surface area (Å²) in [6.07, 6.45) is 4.02. The topological polar surface area (TPSA) is 59.4 Å². The predicted octanol–water partition coefficient (Wildman–Crippen LogP) is 1.03. The molecule has 0 radical (unpaired) electrons. The quantitative estimate of drug-likeness (QED) is 0.794. The van der Waals surface area contributed by atoms with Gasteiger partial charge in [-0.1, -0.05) is 0 Å². The van der Waals surface area contributed by atoms with Gasteiger partial charge in [0.1, 0.15) is 5.56 Å². The van der Waals surface area contributed by atoms with Crippen LogP contribution in [0.2, 0.25) is 0 Å². The molecule has 118 valence electrons. The first-order valence-electron chi connectivity index (χ1n) is 7.70. The molecule has 0 amide bonds. The Morgan fingerprint density at radius 1 is 1.48 bits per heavy atom. The Kier molecular flexibility index (Phi) is 5.76. The van der Waals surface area contributed by atoms with Crippen molar-refractivity contribution in [1.82, 2.24) is 20.0 Å². The van der Waals surface area contributed by atoms with E-state index in [0.717, 1.165) is 37.8 Å². The van der Waals surface area contributed by atoms with Gasteiger partial charge in [-0.05, 0) is 52.4 Å². The first kappa shape index (κ1) is 16.0. The Hall–Kier alpha value is -1.40. The fourth-order valence-electron chi connectivity index (χ4n) is 2.88. The number of hydrogen-bond acceptors (Lipinski definition) is 5. The monoisotopic (exact) mass is 294 g/mol. The summed E-state index contributed by atoms with van der Waals surface area (Å²) in [5.41, 5.74) is 1.54. The van der Waals surface area contributed by atoms with Gasteiger partial charge in [-0.2, -0.15) is 5.10 Å². The van der Waals surface area contributed by atoms with Crippen molar-refractivity contribution in [2.45, 2.75) is 26.3 Å². The third kappa shape index (κ3) is 4.04. The number of aryl methyl sites for hydroxylation is 1. The van der Waals surface area contributed by atoms with E-state index >= 15 is 0 Å². The molecule has 0 unspecified atom stereocenters. The lowest BCUT2D eigenvalue weighted by molar-refractivity contribution is 0.0523. The summed E-state index contributed by atoms with van der Waals surface area (Å²) in [7, 11) is 3.89. The van der Waals surface area contributed by atoms with Crippen molar-refractivity contribution in [1.29, 1.82) is 0 Å². The number of likely N-dealkylation sites (tertiary alicyclic amines) is 1. The number of carbonyl (C=O) groups excluding carboxylic acids is 1. The van der Waals surface area contributed by atoms with Gasteiger partial charge in [0.05, 0.1) is 18.5 Å². The third-order valence-electron chi connectivity index (χ3n) is 4.13. The van der Waals surface area contributed by atoms with Crippen molar-refractivity contribution in [2.24, 2.45) is 13.0 Å². The molecule has 0 spiro atoms. The standard InChI is InChI=1S/C15H26N4O2/c1-4-21-15(20)13-10-17-18(3)14(13)11-19-7-5-12(6-8-19)9-16-2/h10,12,16H,4-9,11H2,1-3H3. The Labute approximate surface area is 126 Å². The average molecular weight is 294 g/mol. The summed E-state index contributed by atoms with van der Waals surface area (Å²) in [4.78, 5) is 14.4. The number of piperidine rings is 1. The van der Waals surface area contributed by atoms with Gasteiger partial charge in [-0.15, -0.1) is 0 Å². The number of ether oxygens (including phenoxy) is 1. The molecule has 2 heterocycles. The zero-order chi connectivity index (χ0) is 15.2. The number of nitrogens with zero attached hydrogens (tertiary/aromatic N) is 3. The summed E-state index contributed by atoms with van der Waals surface area (Å²) < 4.78 is 6.88. The van der Waals surface area contributed by atoms with E-state index in [1.165, 1.54) is 12.8 Å². The summed E-state index contributed by atoms with van der Waals surface area (Å²) in [5.74, 6) is 0.494. The maximum absolute atomic E-state index is 12.0. The molecular formula is C15H26N4O2. The van der Waals surface area contributed by atoms with E-state index in [9.17, 15) is 4.79 Å². The molecule has 1 aromatic heterocycles. The number of hydrogen-bond donors (Lipinski definition) is 1. The van der Waals surface area contributed by atoms with Crippen molar-refractivity contribution in [3.8, 4) is 0 Å². The van der Waals surface area contributed by atoms with Gasteiger partial charge in [-0.25, -0.2) is 4.79 Å². The molecule has 0 saturated carbocycles. The second kappa shape index (κ2) is 7.56. The van der Waals surface area contributed by atoms with E-state index < -0.39 is 0 Å². The Bertz CT molecular complexity index is 464. The van der Waals surface area contributed by atoms with Crippen LogP contribution in [0.15, 0.2) is 6.20 Å². The molecule has 0 bridgehead atoms. The van der Waals surface area contributed by atoms with E-state index in [2.05, 4.69) is 15.3 Å². The Morgan fingerprint density at radius 3 is 2.81 bits per heavy atom. The summed E-state index contributed by atoms with van der Waals surface area (Å²) in [6.45, 7) is 6.20. The highest BCUT2D eigenvalue weighted by atomic mass is 16.5. The van der Waals surface area contributed by atoms with Crippen LogP contribution in [0.4, 0.5) is 0 Å². The number of esters is 1. The van der Waals surface area contributed by atoms with Crippen LogP contribution in [-0.2, 0) is 18.3 Å². The van der Waals surface area contributed by atoms with E-state index in [-0.39, 0.29) is 5.97 Å². The van der Waals surface area contributed by atoms with E-state index in [4.69, 9.17) is 4.74 Å². The zero-order valence-electron chi connectivity index (χ0n) is 13.3. The molecule has 21 heavy (non-hydrogen) atoms. The molecular weight excluding hydrogens is 268 g/mol. The molecule has 6 nitrogen and oxygen atoms in total. The number of aromatic nitrogens is 2. The highest BCUT2D eigenvalue weighted by Gasteiger charge is 2.23. The summed E-state index contributed by atoms with van der Waals surface area (Å²) in [5, 5.41) is 7.46. The average Bonchev–Trinajstić information content (AvgIpc) is 2.83. The number of rotatable bonds is 6. The number of carbonyl (C=O) groups is 1. The van der Waals surface area contributed by atoms with Crippen molar-refractivity contribution in [2.75, 3.05) is 33.3 Å². The lowest BCUT2D eigenvalue weighted by atomic mass is 9.96. The SMILES string of the molecule is CCOC(=O)c1cnn(C)c1CN1CCC(CNC)CC1. The van der Waals surface area contributed by atoms with Crippen LogP contribution < -0.4 is 5.32 Å². The number of nitrogens with one attached hydrogen (secondary N) is 1. The van der Waals surface area contributed by atoms with Crippen LogP contribution in [-0.4, -0.2) is 53.9 Å². The summed E-state index contributed by atoms with van der Waals surface area (Å²) >= 11 is 0. The van der Waals surface area contributed by atoms with E-state index in [1.54, 1.807) is 10.9 Å². The highest BCUT2D eigenvalue weighted by molar-refractivity contribution is 5.90. The van der Waals surface area contributed by atoms with Gasteiger partial charge in [0.2, 0.25) is 0 Å². The molecule has 1 aliphatic rings. The second-order valence-corrected chi connectivity index (χ2v) is 5.63.